The smallest absolute Gasteiger partial charge is 0.332 e. The van der Waals surface area contributed by atoms with Crippen molar-refractivity contribution in [2.24, 2.45) is 0 Å². The van der Waals surface area contributed by atoms with Gasteiger partial charge in [0.1, 0.15) is 11.8 Å². The van der Waals surface area contributed by atoms with Crippen molar-refractivity contribution in [3.63, 3.8) is 0 Å². The van der Waals surface area contributed by atoms with Crippen LogP contribution in [0.1, 0.15) is 12.6 Å². The molecule has 8 nitrogen and oxygen atoms in total. The van der Waals surface area contributed by atoms with Gasteiger partial charge < -0.3 is 15.7 Å². The number of aryl methyl sites for hydroxylation is 1. The van der Waals surface area contributed by atoms with Gasteiger partial charge in [0.25, 0.3) is 6.43 Å². The van der Waals surface area contributed by atoms with Gasteiger partial charge in [-0.1, -0.05) is 0 Å². The molecule has 1 heterocycles. The van der Waals surface area contributed by atoms with Crippen molar-refractivity contribution in [1.82, 2.24) is 9.97 Å². The van der Waals surface area contributed by atoms with Gasteiger partial charge in [-0.05, 0) is 13.8 Å². The molecule has 0 fully saturated rings. The number of nitrogens with zero attached hydrogens (tertiary/aromatic N) is 3. The topological polar surface area (TPSA) is 113 Å². The Kier molecular flexibility index (Phi) is 5.50. The molecule has 1 atom stereocenters. The summed E-state index contributed by atoms with van der Waals surface area (Å²) in [5.74, 6) is -0.0669. The lowest BCUT2D eigenvalue weighted by Gasteiger charge is -2.13. The predicted molar refractivity (Wildman–Crippen MR) is 68.1 cm³/mol. The van der Waals surface area contributed by atoms with Gasteiger partial charge in [-0.2, -0.15) is 4.98 Å². The van der Waals surface area contributed by atoms with Crippen LogP contribution < -0.4 is 10.6 Å². The van der Waals surface area contributed by atoms with Gasteiger partial charge in [0.2, 0.25) is 11.8 Å². The number of anilines is 2. The van der Waals surface area contributed by atoms with E-state index in [2.05, 4.69) is 20.6 Å². The van der Waals surface area contributed by atoms with E-state index in [4.69, 9.17) is 5.11 Å². The fourth-order valence-corrected chi connectivity index (χ4v) is 1.44. The Morgan fingerprint density at radius 3 is 2.55 bits per heavy atom. The molecule has 1 aromatic heterocycles. The van der Waals surface area contributed by atoms with E-state index in [-0.39, 0.29) is 17.5 Å². The molecule has 0 spiro atoms. The number of alkyl halides is 2. The summed E-state index contributed by atoms with van der Waals surface area (Å²) >= 11 is 0. The highest BCUT2D eigenvalue weighted by atomic mass is 19.3. The average Bonchev–Trinajstić information content (AvgIpc) is 2.34. The number of nitro groups is 1. The van der Waals surface area contributed by atoms with Crippen molar-refractivity contribution in [1.29, 1.82) is 0 Å². The van der Waals surface area contributed by atoms with Gasteiger partial charge in [0.15, 0.2) is 0 Å². The van der Waals surface area contributed by atoms with E-state index >= 15 is 0 Å². The summed E-state index contributed by atoms with van der Waals surface area (Å²) in [6.07, 6.45) is -4.88. The summed E-state index contributed by atoms with van der Waals surface area (Å²) in [6.45, 7) is 3.14. The zero-order valence-electron chi connectivity index (χ0n) is 10.9. The number of aliphatic hydroxyl groups is 1. The minimum atomic E-state index is -2.95. The van der Waals surface area contributed by atoms with Crippen LogP contribution in [-0.2, 0) is 0 Å². The molecule has 0 aliphatic rings. The quantitative estimate of drug-likeness (QED) is 0.510. The van der Waals surface area contributed by atoms with Crippen LogP contribution >= 0.6 is 0 Å². The maximum Gasteiger partial charge on any atom is 0.332 e. The van der Waals surface area contributed by atoms with E-state index in [0.29, 0.717) is 6.54 Å². The van der Waals surface area contributed by atoms with Crippen LogP contribution in [0.2, 0.25) is 0 Å². The largest absolute Gasteiger partial charge is 0.385 e. The van der Waals surface area contributed by atoms with Crippen LogP contribution in [0.5, 0.6) is 0 Å². The predicted octanol–water partition coefficient (Wildman–Crippen LogP) is 1.16. The SMILES string of the molecule is CCNc1nc(C)c([N+](=O)[O-])c(NCC(O)C(F)F)n1. The number of hydrogen-bond donors (Lipinski definition) is 3. The highest BCUT2D eigenvalue weighted by Gasteiger charge is 2.24. The monoisotopic (exact) mass is 291 g/mol. The Bertz CT molecular complexity index is 486. The van der Waals surface area contributed by atoms with Crippen molar-refractivity contribution in [3.8, 4) is 0 Å². The average molecular weight is 291 g/mol. The number of halogens is 2. The van der Waals surface area contributed by atoms with Crippen LogP contribution in [0.15, 0.2) is 0 Å². The van der Waals surface area contributed by atoms with E-state index in [9.17, 15) is 18.9 Å². The van der Waals surface area contributed by atoms with Gasteiger partial charge in [0, 0.05) is 13.1 Å². The van der Waals surface area contributed by atoms with Crippen molar-refractivity contribution < 1.29 is 18.8 Å². The molecule has 112 valence electrons. The Labute approximate surface area is 113 Å². The third-order valence-corrected chi connectivity index (χ3v) is 2.35. The van der Waals surface area contributed by atoms with Crippen LogP contribution in [0.3, 0.4) is 0 Å². The van der Waals surface area contributed by atoms with Crippen molar-refractivity contribution in [2.75, 3.05) is 23.7 Å². The summed E-state index contributed by atoms with van der Waals surface area (Å²) in [4.78, 5) is 18.0. The first-order valence-electron chi connectivity index (χ1n) is 5.83. The second kappa shape index (κ2) is 6.89. The normalized spacial score (nSPS) is 12.3. The molecule has 0 amide bonds. The number of nitrogens with one attached hydrogen (secondary N) is 2. The second-order valence-corrected chi connectivity index (χ2v) is 3.90. The van der Waals surface area contributed by atoms with Gasteiger partial charge in [-0.15, -0.1) is 0 Å². The minimum Gasteiger partial charge on any atom is -0.385 e. The summed E-state index contributed by atoms with van der Waals surface area (Å²) in [5, 5.41) is 25.1. The molecule has 0 aliphatic heterocycles. The van der Waals surface area contributed by atoms with Gasteiger partial charge in [-0.3, -0.25) is 10.1 Å². The molecule has 1 aromatic rings. The zero-order valence-corrected chi connectivity index (χ0v) is 10.9. The lowest BCUT2D eigenvalue weighted by atomic mass is 10.3. The second-order valence-electron chi connectivity index (χ2n) is 3.90. The van der Waals surface area contributed by atoms with E-state index < -0.39 is 29.7 Å². The molecular weight excluding hydrogens is 276 g/mol. The van der Waals surface area contributed by atoms with E-state index in [1.807, 2.05) is 0 Å². The first kappa shape index (κ1) is 16.0. The molecule has 0 saturated heterocycles. The molecule has 0 saturated carbocycles. The summed E-state index contributed by atoms with van der Waals surface area (Å²) in [6, 6.07) is 0. The van der Waals surface area contributed by atoms with Gasteiger partial charge >= 0.3 is 5.69 Å². The molecule has 10 heteroatoms. The number of rotatable bonds is 7. The maximum atomic E-state index is 12.2. The maximum absolute atomic E-state index is 12.2. The highest BCUT2D eigenvalue weighted by Crippen LogP contribution is 2.26. The first-order valence-corrected chi connectivity index (χ1v) is 5.83. The minimum absolute atomic E-state index is 0.0926. The molecule has 0 aliphatic carbocycles. The molecule has 0 bridgehead atoms. The highest BCUT2D eigenvalue weighted by molar-refractivity contribution is 5.60. The third-order valence-electron chi connectivity index (χ3n) is 2.35. The van der Waals surface area contributed by atoms with E-state index in [1.165, 1.54) is 6.92 Å². The van der Waals surface area contributed by atoms with Crippen LogP contribution in [0.25, 0.3) is 0 Å². The number of aromatic nitrogens is 2. The lowest BCUT2D eigenvalue weighted by molar-refractivity contribution is -0.385. The summed E-state index contributed by atoms with van der Waals surface area (Å²) in [5.41, 5.74) is -0.317. The summed E-state index contributed by atoms with van der Waals surface area (Å²) < 4.78 is 24.4. The first-order chi connectivity index (χ1) is 9.36. The Hall–Kier alpha value is -2.10. The van der Waals surface area contributed by atoms with Crippen molar-refractivity contribution in [2.45, 2.75) is 26.4 Å². The van der Waals surface area contributed by atoms with Crippen LogP contribution in [0.4, 0.5) is 26.2 Å². The fraction of sp³-hybridized carbons (Fsp3) is 0.600. The van der Waals surface area contributed by atoms with Crippen LogP contribution in [-0.4, -0.2) is 45.6 Å². The molecular formula is C10H15F2N5O3. The Balaban J connectivity index is 3.03. The van der Waals surface area contributed by atoms with Gasteiger partial charge in [-0.25, -0.2) is 13.8 Å². The van der Waals surface area contributed by atoms with Crippen LogP contribution in [0, 0.1) is 17.0 Å². The summed E-state index contributed by atoms with van der Waals surface area (Å²) in [7, 11) is 0. The Morgan fingerprint density at radius 1 is 1.40 bits per heavy atom. The molecule has 0 radical (unpaired) electrons. The number of aliphatic hydroxyl groups excluding tert-OH is 1. The molecule has 3 N–H and O–H groups in total. The molecule has 20 heavy (non-hydrogen) atoms. The third kappa shape index (κ3) is 3.95. The van der Waals surface area contributed by atoms with Gasteiger partial charge in [0.05, 0.1) is 4.92 Å². The zero-order chi connectivity index (χ0) is 15.3. The Morgan fingerprint density at radius 2 is 2.05 bits per heavy atom. The standard InChI is InChI=1S/C10H15F2N5O3/c1-3-13-10-15-5(2)7(17(19)20)9(16-10)14-4-6(18)8(11)12/h6,8,18H,3-4H2,1-2H3,(H2,13,14,15,16). The lowest BCUT2D eigenvalue weighted by Crippen LogP contribution is -2.27. The van der Waals surface area contributed by atoms with Crippen molar-refractivity contribution >= 4 is 17.5 Å². The molecule has 0 aromatic carbocycles. The van der Waals surface area contributed by atoms with Crippen molar-refractivity contribution in [3.05, 3.63) is 15.8 Å². The molecule has 1 rings (SSSR count). The number of hydrogen-bond acceptors (Lipinski definition) is 7. The van der Waals surface area contributed by atoms with E-state index in [0.717, 1.165) is 0 Å². The fourth-order valence-electron chi connectivity index (χ4n) is 1.44. The van der Waals surface area contributed by atoms with E-state index in [1.54, 1.807) is 6.92 Å². The molecule has 1 unspecified atom stereocenters.